The van der Waals surface area contributed by atoms with Gasteiger partial charge in [0, 0.05) is 12.1 Å². The molecule has 2 rings (SSSR count). The van der Waals surface area contributed by atoms with Crippen LogP contribution in [-0.2, 0) is 14.3 Å². The molecule has 2 heterocycles. The molecule has 4 nitrogen and oxygen atoms in total. The lowest BCUT2D eigenvalue weighted by Crippen LogP contribution is -2.41. The number of esters is 1. The molecule has 0 aromatic rings. The zero-order valence-corrected chi connectivity index (χ0v) is 9.20. The summed E-state index contributed by atoms with van der Waals surface area (Å²) in [6.45, 7) is 2.35. The van der Waals surface area contributed by atoms with E-state index in [0.29, 0.717) is 18.7 Å². The molecule has 4 heteroatoms. The Hall–Kier alpha value is -0.610. The number of rotatable bonds is 4. The van der Waals surface area contributed by atoms with Gasteiger partial charge in [0.25, 0.3) is 0 Å². The molecule has 2 bridgehead atoms. The molecule has 2 aliphatic rings. The molecular weight excluding hydrogens is 194 g/mol. The van der Waals surface area contributed by atoms with E-state index in [9.17, 15) is 4.79 Å². The highest BCUT2D eigenvalue weighted by Crippen LogP contribution is 2.28. The van der Waals surface area contributed by atoms with Crippen LogP contribution in [-0.4, -0.2) is 37.4 Å². The lowest BCUT2D eigenvalue weighted by atomic mass is 10.0. The van der Waals surface area contributed by atoms with Crippen LogP contribution in [0.15, 0.2) is 0 Å². The van der Waals surface area contributed by atoms with Gasteiger partial charge in [0.05, 0.1) is 12.7 Å². The normalized spacial score (nSPS) is 34.1. The highest BCUT2D eigenvalue weighted by atomic mass is 16.6. The van der Waals surface area contributed by atoms with Gasteiger partial charge in [0.1, 0.15) is 6.61 Å². The van der Waals surface area contributed by atoms with Crippen LogP contribution < -0.4 is 5.32 Å². The number of piperidine rings is 1. The topological polar surface area (TPSA) is 47.6 Å². The van der Waals surface area contributed by atoms with E-state index < -0.39 is 0 Å². The van der Waals surface area contributed by atoms with Gasteiger partial charge in [-0.2, -0.15) is 0 Å². The molecule has 0 aliphatic carbocycles. The minimum atomic E-state index is -0.247. The van der Waals surface area contributed by atoms with Crippen LogP contribution in [0.1, 0.15) is 32.6 Å². The number of carbonyl (C=O) groups excluding carboxylic acids is 1. The molecule has 0 saturated carbocycles. The van der Waals surface area contributed by atoms with Crippen molar-refractivity contribution in [3.05, 3.63) is 0 Å². The fraction of sp³-hybridized carbons (Fsp3) is 0.909. The molecule has 15 heavy (non-hydrogen) atoms. The maximum atomic E-state index is 11.1. The Morgan fingerprint density at radius 1 is 1.33 bits per heavy atom. The lowest BCUT2D eigenvalue weighted by molar-refractivity contribution is -0.151. The molecule has 2 fully saturated rings. The van der Waals surface area contributed by atoms with Gasteiger partial charge < -0.3 is 14.8 Å². The van der Waals surface area contributed by atoms with E-state index in [-0.39, 0.29) is 18.7 Å². The maximum Gasteiger partial charge on any atom is 0.332 e. The van der Waals surface area contributed by atoms with Crippen molar-refractivity contribution in [2.75, 3.05) is 13.2 Å². The van der Waals surface area contributed by atoms with Crippen LogP contribution in [0.3, 0.4) is 0 Å². The largest absolute Gasteiger partial charge is 0.464 e. The maximum absolute atomic E-state index is 11.1. The molecule has 3 atom stereocenters. The molecule has 0 aromatic carbocycles. The summed E-state index contributed by atoms with van der Waals surface area (Å²) in [6, 6.07) is 1.21. The zero-order valence-electron chi connectivity index (χ0n) is 9.20. The van der Waals surface area contributed by atoms with Gasteiger partial charge in [0.15, 0.2) is 0 Å². The Morgan fingerprint density at radius 2 is 2.00 bits per heavy atom. The number of fused-ring (bicyclic) bond motifs is 2. The fourth-order valence-electron chi connectivity index (χ4n) is 2.53. The second-order valence-electron chi connectivity index (χ2n) is 4.35. The van der Waals surface area contributed by atoms with Crippen LogP contribution >= 0.6 is 0 Å². The van der Waals surface area contributed by atoms with E-state index in [4.69, 9.17) is 9.47 Å². The number of hydrogen-bond donors (Lipinski definition) is 1. The average Bonchev–Trinajstić information content (AvgIpc) is 2.56. The quantitative estimate of drug-likeness (QED) is 0.703. The van der Waals surface area contributed by atoms with Crippen LogP contribution in [0.4, 0.5) is 0 Å². The number of hydrogen-bond acceptors (Lipinski definition) is 4. The first-order valence-electron chi connectivity index (χ1n) is 5.81. The average molecular weight is 213 g/mol. The predicted molar refractivity (Wildman–Crippen MR) is 55.6 cm³/mol. The van der Waals surface area contributed by atoms with Crippen molar-refractivity contribution in [2.45, 2.75) is 50.8 Å². The van der Waals surface area contributed by atoms with Crippen LogP contribution in [0.25, 0.3) is 0 Å². The van der Waals surface area contributed by atoms with E-state index in [1.807, 2.05) is 6.92 Å². The zero-order chi connectivity index (χ0) is 10.7. The monoisotopic (exact) mass is 213 g/mol. The molecular formula is C11H19NO3. The molecule has 1 unspecified atom stereocenters. The van der Waals surface area contributed by atoms with Crippen molar-refractivity contribution >= 4 is 5.97 Å². The first kappa shape index (κ1) is 10.9. The molecule has 2 saturated heterocycles. The van der Waals surface area contributed by atoms with Crippen molar-refractivity contribution < 1.29 is 14.3 Å². The standard InChI is InChI=1S/C11H19NO3/c1-2-14-11(13)7-15-10-5-8-3-4-9(6-10)12-8/h8-10,12H,2-7H2,1H3/t8-,9+,10?. The van der Waals surface area contributed by atoms with E-state index in [0.717, 1.165) is 12.8 Å². The van der Waals surface area contributed by atoms with Crippen molar-refractivity contribution in [2.24, 2.45) is 0 Å². The Labute approximate surface area is 90.3 Å². The first-order valence-corrected chi connectivity index (χ1v) is 5.81. The third kappa shape index (κ3) is 2.92. The fourth-order valence-corrected chi connectivity index (χ4v) is 2.53. The second-order valence-corrected chi connectivity index (χ2v) is 4.35. The molecule has 86 valence electrons. The van der Waals surface area contributed by atoms with Crippen LogP contribution in [0.5, 0.6) is 0 Å². The number of carbonyl (C=O) groups is 1. The van der Waals surface area contributed by atoms with E-state index in [1.54, 1.807) is 0 Å². The molecule has 0 amide bonds. The Morgan fingerprint density at radius 3 is 2.60 bits per heavy atom. The highest BCUT2D eigenvalue weighted by Gasteiger charge is 2.34. The van der Waals surface area contributed by atoms with Crippen molar-refractivity contribution in [3.8, 4) is 0 Å². The lowest BCUT2D eigenvalue weighted by Gasteiger charge is -2.28. The minimum Gasteiger partial charge on any atom is -0.464 e. The van der Waals surface area contributed by atoms with Gasteiger partial charge in [-0.25, -0.2) is 4.79 Å². The summed E-state index contributed by atoms with van der Waals surface area (Å²) < 4.78 is 10.4. The van der Waals surface area contributed by atoms with Gasteiger partial charge in [-0.3, -0.25) is 0 Å². The molecule has 2 aliphatic heterocycles. The van der Waals surface area contributed by atoms with E-state index in [1.165, 1.54) is 12.8 Å². The van der Waals surface area contributed by atoms with Crippen molar-refractivity contribution in [3.63, 3.8) is 0 Å². The minimum absolute atomic E-state index is 0.109. The Balaban J connectivity index is 1.69. The third-order valence-electron chi connectivity index (χ3n) is 3.17. The summed E-state index contributed by atoms with van der Waals surface area (Å²) in [5.74, 6) is -0.247. The molecule has 0 aromatic heterocycles. The highest BCUT2D eigenvalue weighted by molar-refractivity contribution is 5.70. The third-order valence-corrected chi connectivity index (χ3v) is 3.17. The summed E-state index contributed by atoms with van der Waals surface area (Å²) in [7, 11) is 0. The van der Waals surface area contributed by atoms with E-state index >= 15 is 0 Å². The van der Waals surface area contributed by atoms with Gasteiger partial charge in [-0.15, -0.1) is 0 Å². The summed E-state index contributed by atoms with van der Waals surface area (Å²) >= 11 is 0. The predicted octanol–water partition coefficient (Wildman–Crippen LogP) is 0.849. The van der Waals surface area contributed by atoms with Gasteiger partial charge in [-0.05, 0) is 32.6 Å². The smallest absolute Gasteiger partial charge is 0.332 e. The van der Waals surface area contributed by atoms with Gasteiger partial charge in [-0.1, -0.05) is 0 Å². The number of nitrogens with one attached hydrogen (secondary N) is 1. The molecule has 0 radical (unpaired) electrons. The van der Waals surface area contributed by atoms with Gasteiger partial charge >= 0.3 is 5.97 Å². The summed E-state index contributed by atoms with van der Waals surface area (Å²) in [6.07, 6.45) is 4.83. The molecule has 1 N–H and O–H groups in total. The SMILES string of the molecule is CCOC(=O)COC1C[C@H]2CC[C@@H](C1)N2. The van der Waals surface area contributed by atoms with E-state index in [2.05, 4.69) is 5.32 Å². The van der Waals surface area contributed by atoms with Crippen molar-refractivity contribution in [1.82, 2.24) is 5.32 Å². The van der Waals surface area contributed by atoms with Crippen LogP contribution in [0, 0.1) is 0 Å². The summed E-state index contributed by atoms with van der Waals surface area (Å²) in [5.41, 5.74) is 0. The number of ether oxygens (including phenoxy) is 2. The van der Waals surface area contributed by atoms with Gasteiger partial charge in [0.2, 0.25) is 0 Å². The summed E-state index contributed by atoms with van der Waals surface area (Å²) in [5, 5.41) is 3.54. The second kappa shape index (κ2) is 4.94. The Kier molecular flexibility index (Phi) is 3.59. The van der Waals surface area contributed by atoms with Crippen molar-refractivity contribution in [1.29, 1.82) is 0 Å². The van der Waals surface area contributed by atoms with Crippen LogP contribution in [0.2, 0.25) is 0 Å². The summed E-state index contributed by atoms with van der Waals surface area (Å²) in [4.78, 5) is 11.1. The Bertz CT molecular complexity index is 220. The first-order chi connectivity index (χ1) is 7.28. The molecule has 0 spiro atoms.